The lowest BCUT2D eigenvalue weighted by Crippen LogP contribution is -2.16. The summed E-state index contributed by atoms with van der Waals surface area (Å²) in [6.07, 6.45) is 0. The first kappa shape index (κ1) is 29.8. The Labute approximate surface area is 242 Å². The second kappa shape index (κ2) is 13.0. The lowest BCUT2D eigenvalue weighted by Gasteiger charge is -2.10. The number of sulfone groups is 1. The number of aromatic amines is 2. The van der Waals surface area contributed by atoms with E-state index in [1.54, 1.807) is 26.0 Å². The molecule has 41 heavy (non-hydrogen) atoms. The first-order valence-electron chi connectivity index (χ1n) is 11.9. The van der Waals surface area contributed by atoms with E-state index in [4.69, 9.17) is 0 Å². The lowest BCUT2D eigenvalue weighted by molar-refractivity contribution is -0.114. The monoisotopic (exact) mass is 612 g/mol. The zero-order valence-corrected chi connectivity index (χ0v) is 24.2. The van der Waals surface area contributed by atoms with Gasteiger partial charge in [-0.1, -0.05) is 35.7 Å². The number of aromatic nitrogens is 4. The number of nitrogens with zero attached hydrogens (tertiary/aromatic N) is 2. The minimum Gasteiger partial charge on any atom is -0.325 e. The van der Waals surface area contributed by atoms with Crippen LogP contribution in [0.1, 0.15) is 11.4 Å². The van der Waals surface area contributed by atoms with Gasteiger partial charge in [0.25, 0.3) is 11.1 Å². The highest BCUT2D eigenvalue weighted by molar-refractivity contribution is 8.00. The van der Waals surface area contributed by atoms with Crippen LogP contribution in [-0.4, -0.2) is 51.7 Å². The topological polar surface area (TPSA) is 184 Å². The molecule has 0 saturated heterocycles. The fraction of sp³-hybridized carbons (Fsp3) is 0.154. The molecule has 0 saturated carbocycles. The van der Waals surface area contributed by atoms with Gasteiger partial charge in [0.1, 0.15) is 0 Å². The van der Waals surface area contributed by atoms with Gasteiger partial charge in [0.2, 0.25) is 21.7 Å². The maximum absolute atomic E-state index is 13.3. The van der Waals surface area contributed by atoms with E-state index in [1.807, 2.05) is 0 Å². The second-order valence-corrected chi connectivity index (χ2v) is 12.5. The number of hydrogen-bond acceptors (Lipinski definition) is 10. The zero-order valence-electron chi connectivity index (χ0n) is 21.8. The van der Waals surface area contributed by atoms with Crippen LogP contribution in [-0.2, 0) is 19.4 Å². The number of benzene rings is 2. The molecule has 4 rings (SSSR count). The van der Waals surface area contributed by atoms with Crippen molar-refractivity contribution in [2.75, 3.05) is 22.1 Å². The summed E-state index contributed by atoms with van der Waals surface area (Å²) in [5.41, 5.74) is 0.942. The van der Waals surface area contributed by atoms with Crippen molar-refractivity contribution in [3.8, 4) is 0 Å². The Bertz CT molecular complexity index is 1710. The normalized spacial score (nSPS) is 11.2. The van der Waals surface area contributed by atoms with Crippen LogP contribution in [0.4, 0.5) is 11.4 Å². The van der Waals surface area contributed by atoms with Crippen molar-refractivity contribution in [2.45, 2.75) is 34.0 Å². The van der Waals surface area contributed by atoms with Crippen molar-refractivity contribution < 1.29 is 18.0 Å². The molecule has 2 heterocycles. The fourth-order valence-corrected chi connectivity index (χ4v) is 6.31. The Kier molecular flexibility index (Phi) is 9.42. The van der Waals surface area contributed by atoms with E-state index < -0.39 is 21.7 Å². The predicted octanol–water partition coefficient (Wildman–Crippen LogP) is 2.76. The van der Waals surface area contributed by atoms with E-state index in [1.165, 1.54) is 48.5 Å². The van der Waals surface area contributed by atoms with Gasteiger partial charge in [-0.2, -0.15) is 0 Å². The highest BCUT2D eigenvalue weighted by Crippen LogP contribution is 2.26. The van der Waals surface area contributed by atoms with E-state index in [0.29, 0.717) is 21.7 Å². The minimum atomic E-state index is -4.00. The Hall–Kier alpha value is -4.21. The molecule has 4 N–H and O–H groups in total. The number of thioether (sulfide) groups is 2. The molecule has 12 nitrogen and oxygen atoms in total. The van der Waals surface area contributed by atoms with Gasteiger partial charge in [-0.3, -0.25) is 19.2 Å². The van der Waals surface area contributed by atoms with Gasteiger partial charge in [0.15, 0.2) is 10.3 Å². The highest BCUT2D eigenvalue weighted by atomic mass is 32.2. The van der Waals surface area contributed by atoms with Crippen LogP contribution in [0.5, 0.6) is 0 Å². The summed E-state index contributed by atoms with van der Waals surface area (Å²) in [7, 11) is -4.00. The average molecular weight is 613 g/mol. The Morgan fingerprint density at radius 2 is 1.15 bits per heavy atom. The van der Waals surface area contributed by atoms with Gasteiger partial charge < -0.3 is 20.6 Å². The number of anilines is 2. The van der Waals surface area contributed by atoms with Crippen LogP contribution in [0, 0.1) is 13.8 Å². The second-order valence-electron chi connectivity index (χ2n) is 8.62. The molecule has 0 aliphatic heterocycles. The van der Waals surface area contributed by atoms with Crippen molar-refractivity contribution >= 4 is 56.6 Å². The van der Waals surface area contributed by atoms with E-state index in [-0.39, 0.29) is 43.8 Å². The van der Waals surface area contributed by atoms with Crippen LogP contribution in [0.3, 0.4) is 0 Å². The molecule has 15 heteroatoms. The molecule has 212 valence electrons. The largest absolute Gasteiger partial charge is 0.325 e. The number of carbonyl (C=O) groups is 2. The SMILES string of the molecule is Cc1cc(=O)[nH]c(SCC(=O)Nc2cccc(S(=O)(=O)c3cccc(NC(=O)CSc4nc(C)cc(=O)[nH]4)c3)c2)n1. The van der Waals surface area contributed by atoms with Gasteiger partial charge in [-0.05, 0) is 50.2 Å². The first-order valence-corrected chi connectivity index (χ1v) is 15.4. The maximum Gasteiger partial charge on any atom is 0.251 e. The third kappa shape index (κ3) is 8.39. The number of H-pyrrole nitrogens is 2. The van der Waals surface area contributed by atoms with Crippen molar-refractivity contribution in [2.24, 2.45) is 0 Å². The van der Waals surface area contributed by atoms with Crippen LogP contribution in [0.2, 0.25) is 0 Å². The molecular weight excluding hydrogens is 589 g/mol. The molecule has 2 aromatic carbocycles. The molecule has 0 aliphatic carbocycles. The van der Waals surface area contributed by atoms with Crippen LogP contribution in [0.25, 0.3) is 0 Å². The average Bonchev–Trinajstić information content (AvgIpc) is 2.90. The molecule has 0 spiro atoms. The number of hydrogen-bond donors (Lipinski definition) is 4. The van der Waals surface area contributed by atoms with E-state index in [2.05, 4.69) is 30.6 Å². The summed E-state index contributed by atoms with van der Waals surface area (Å²) in [5, 5.41) is 5.89. The minimum absolute atomic E-state index is 0.0545. The first-order chi connectivity index (χ1) is 19.5. The van der Waals surface area contributed by atoms with Crippen molar-refractivity contribution in [1.82, 2.24) is 19.9 Å². The van der Waals surface area contributed by atoms with E-state index in [0.717, 1.165) is 23.5 Å². The summed E-state index contributed by atoms with van der Waals surface area (Å²) in [6.45, 7) is 3.34. The molecule has 0 fully saturated rings. The summed E-state index contributed by atoms with van der Waals surface area (Å²) >= 11 is 2.08. The van der Waals surface area contributed by atoms with Gasteiger partial charge >= 0.3 is 0 Å². The van der Waals surface area contributed by atoms with Crippen molar-refractivity contribution in [1.29, 1.82) is 0 Å². The highest BCUT2D eigenvalue weighted by Gasteiger charge is 2.19. The molecule has 4 aromatic rings. The van der Waals surface area contributed by atoms with Crippen molar-refractivity contribution in [3.05, 3.63) is 92.8 Å². The van der Waals surface area contributed by atoms with E-state index in [9.17, 15) is 27.6 Å². The maximum atomic E-state index is 13.3. The number of amides is 2. The molecular formula is C26H24N6O6S3. The third-order valence-electron chi connectivity index (χ3n) is 5.23. The zero-order chi connectivity index (χ0) is 29.6. The Morgan fingerprint density at radius 3 is 1.54 bits per heavy atom. The third-order valence-corrected chi connectivity index (χ3v) is 8.73. The van der Waals surface area contributed by atoms with E-state index >= 15 is 0 Å². The molecule has 0 unspecified atom stereocenters. The summed E-state index contributed by atoms with van der Waals surface area (Å²) in [5.74, 6) is -0.943. The Morgan fingerprint density at radius 1 is 0.732 bits per heavy atom. The number of nitrogens with one attached hydrogen (secondary N) is 4. The van der Waals surface area contributed by atoms with Gasteiger partial charge in [-0.25, -0.2) is 18.4 Å². The molecule has 0 radical (unpaired) electrons. The molecule has 2 amide bonds. The molecule has 2 aromatic heterocycles. The van der Waals surface area contributed by atoms with Crippen LogP contribution < -0.4 is 21.8 Å². The smallest absolute Gasteiger partial charge is 0.251 e. The number of aryl methyl sites for hydroxylation is 2. The lowest BCUT2D eigenvalue weighted by atomic mass is 10.3. The van der Waals surface area contributed by atoms with Crippen LogP contribution in [0.15, 0.2) is 90.4 Å². The van der Waals surface area contributed by atoms with Gasteiger partial charge in [0, 0.05) is 34.9 Å². The standard InChI is InChI=1S/C26H24N6O6S3/c1-15-9-21(33)31-25(27-15)39-13-23(35)29-17-5-3-7-19(11-17)41(37,38)20-8-4-6-18(12-20)30-24(36)14-40-26-28-16(2)10-22(34)32-26/h3-12H,13-14H2,1-2H3,(H,29,35)(H,30,36)(H,27,31,33)(H,28,32,34). The molecule has 0 aliphatic rings. The quantitative estimate of drug-likeness (QED) is 0.153. The van der Waals surface area contributed by atoms with Gasteiger partial charge in [-0.15, -0.1) is 0 Å². The van der Waals surface area contributed by atoms with Crippen molar-refractivity contribution in [3.63, 3.8) is 0 Å². The number of rotatable bonds is 10. The molecule has 0 bridgehead atoms. The van der Waals surface area contributed by atoms with Gasteiger partial charge in [0.05, 0.1) is 21.3 Å². The predicted molar refractivity (Wildman–Crippen MR) is 156 cm³/mol. The fourth-order valence-electron chi connectivity index (χ4n) is 3.52. The summed E-state index contributed by atoms with van der Waals surface area (Å²) < 4.78 is 26.7. The summed E-state index contributed by atoms with van der Waals surface area (Å²) in [4.78, 5) is 61.3. The Balaban J connectivity index is 1.40. The number of carbonyl (C=O) groups excluding carboxylic acids is 2. The van der Waals surface area contributed by atoms with Crippen LogP contribution >= 0.6 is 23.5 Å². The summed E-state index contributed by atoms with van der Waals surface area (Å²) in [6, 6.07) is 14.3. The molecule has 0 atom stereocenters.